The lowest BCUT2D eigenvalue weighted by Gasteiger charge is -2.34. The molecule has 2 aromatic heterocycles. The molecule has 4 rings (SSSR count). The van der Waals surface area contributed by atoms with Crippen LogP contribution in [0.2, 0.25) is 0 Å². The Morgan fingerprint density at radius 1 is 1.13 bits per heavy atom. The standard InChI is InChI=1S/C18H21N3OS/c22-18(17-16(5-12-23-17)15-1-2-15)21-10-8-20(9-11-21)13-14-3-6-19-7-4-14/h3-7,12,15H,1-2,8-11,13H2. The van der Waals surface area contributed by atoms with E-state index >= 15 is 0 Å². The molecule has 2 aromatic rings. The fraction of sp³-hybridized carbons (Fsp3) is 0.444. The molecule has 5 heteroatoms. The first-order valence-electron chi connectivity index (χ1n) is 8.29. The van der Waals surface area contributed by atoms with Crippen molar-refractivity contribution in [2.24, 2.45) is 0 Å². The van der Waals surface area contributed by atoms with Crippen LogP contribution in [-0.4, -0.2) is 46.9 Å². The quantitative estimate of drug-likeness (QED) is 0.866. The molecule has 120 valence electrons. The van der Waals surface area contributed by atoms with Gasteiger partial charge in [0, 0.05) is 45.1 Å². The van der Waals surface area contributed by atoms with Crippen molar-refractivity contribution in [3.63, 3.8) is 0 Å². The molecule has 0 atom stereocenters. The minimum absolute atomic E-state index is 0.241. The van der Waals surface area contributed by atoms with Crippen molar-refractivity contribution in [1.29, 1.82) is 0 Å². The van der Waals surface area contributed by atoms with E-state index in [1.165, 1.54) is 24.0 Å². The van der Waals surface area contributed by atoms with Gasteiger partial charge in [-0.3, -0.25) is 14.7 Å². The second-order valence-corrected chi connectivity index (χ2v) is 7.32. The number of aromatic nitrogens is 1. The van der Waals surface area contributed by atoms with E-state index in [2.05, 4.69) is 33.5 Å². The fourth-order valence-corrected chi connectivity index (χ4v) is 4.16. The number of carbonyl (C=O) groups excluding carboxylic acids is 1. The van der Waals surface area contributed by atoms with Crippen molar-refractivity contribution >= 4 is 17.2 Å². The van der Waals surface area contributed by atoms with Crippen LogP contribution in [0, 0.1) is 0 Å². The zero-order valence-corrected chi connectivity index (χ0v) is 14.0. The van der Waals surface area contributed by atoms with Crippen LogP contribution >= 0.6 is 11.3 Å². The van der Waals surface area contributed by atoms with E-state index in [0.29, 0.717) is 5.92 Å². The molecule has 2 fully saturated rings. The number of carbonyl (C=O) groups is 1. The number of hydrogen-bond donors (Lipinski definition) is 0. The molecule has 23 heavy (non-hydrogen) atoms. The molecule has 1 amide bonds. The van der Waals surface area contributed by atoms with Crippen LogP contribution in [0.3, 0.4) is 0 Å². The molecule has 0 unspecified atom stereocenters. The minimum Gasteiger partial charge on any atom is -0.335 e. The predicted octanol–water partition coefficient (Wildman–Crippen LogP) is 2.98. The van der Waals surface area contributed by atoms with Crippen LogP contribution < -0.4 is 0 Å². The molecule has 2 aliphatic rings. The molecule has 3 heterocycles. The summed E-state index contributed by atoms with van der Waals surface area (Å²) in [6, 6.07) is 6.27. The molecule has 0 aromatic carbocycles. The number of amides is 1. The number of hydrogen-bond acceptors (Lipinski definition) is 4. The van der Waals surface area contributed by atoms with Gasteiger partial charge in [-0.2, -0.15) is 0 Å². The summed E-state index contributed by atoms with van der Waals surface area (Å²) in [5, 5.41) is 2.07. The largest absolute Gasteiger partial charge is 0.335 e. The smallest absolute Gasteiger partial charge is 0.264 e. The van der Waals surface area contributed by atoms with Crippen LogP contribution in [0.1, 0.15) is 39.6 Å². The van der Waals surface area contributed by atoms with Crippen molar-refractivity contribution in [2.45, 2.75) is 25.3 Å². The van der Waals surface area contributed by atoms with Gasteiger partial charge in [0.2, 0.25) is 0 Å². The fourth-order valence-electron chi connectivity index (χ4n) is 3.21. The van der Waals surface area contributed by atoms with Gasteiger partial charge in [0.05, 0.1) is 4.88 Å². The van der Waals surface area contributed by atoms with Crippen LogP contribution in [0.5, 0.6) is 0 Å². The Kier molecular flexibility index (Phi) is 4.14. The first-order chi connectivity index (χ1) is 11.3. The van der Waals surface area contributed by atoms with Gasteiger partial charge in [-0.05, 0) is 53.5 Å². The lowest BCUT2D eigenvalue weighted by atomic mass is 10.1. The summed E-state index contributed by atoms with van der Waals surface area (Å²) >= 11 is 1.61. The third-order valence-electron chi connectivity index (χ3n) is 4.72. The molecule has 1 saturated carbocycles. The second kappa shape index (κ2) is 6.42. The summed E-state index contributed by atoms with van der Waals surface area (Å²) in [5.74, 6) is 0.888. The molecule has 1 aliphatic heterocycles. The zero-order valence-electron chi connectivity index (χ0n) is 13.1. The highest BCUT2D eigenvalue weighted by molar-refractivity contribution is 7.12. The first kappa shape index (κ1) is 14.8. The average molecular weight is 327 g/mol. The van der Waals surface area contributed by atoms with Gasteiger partial charge in [0.25, 0.3) is 5.91 Å². The lowest BCUT2D eigenvalue weighted by Crippen LogP contribution is -2.48. The topological polar surface area (TPSA) is 36.4 Å². The summed E-state index contributed by atoms with van der Waals surface area (Å²) < 4.78 is 0. The normalized spacial score (nSPS) is 19.0. The van der Waals surface area contributed by atoms with Gasteiger partial charge in [-0.15, -0.1) is 11.3 Å². The minimum atomic E-state index is 0.241. The van der Waals surface area contributed by atoms with E-state index in [-0.39, 0.29) is 5.91 Å². The van der Waals surface area contributed by atoms with Crippen LogP contribution in [-0.2, 0) is 6.54 Å². The Bertz CT molecular complexity index is 673. The third kappa shape index (κ3) is 3.31. The number of pyridine rings is 1. The SMILES string of the molecule is O=C(c1sccc1C1CC1)N1CCN(Cc2ccncc2)CC1. The maximum atomic E-state index is 12.8. The summed E-state index contributed by atoms with van der Waals surface area (Å²) in [5.41, 5.74) is 2.58. The molecule has 0 bridgehead atoms. The Morgan fingerprint density at radius 2 is 1.87 bits per heavy atom. The summed E-state index contributed by atoms with van der Waals surface area (Å²) in [6.07, 6.45) is 6.17. The van der Waals surface area contributed by atoms with Gasteiger partial charge in [-0.1, -0.05) is 0 Å². The Morgan fingerprint density at radius 3 is 2.57 bits per heavy atom. The third-order valence-corrected chi connectivity index (χ3v) is 5.64. The monoisotopic (exact) mass is 327 g/mol. The molecule has 0 radical (unpaired) electrons. The van der Waals surface area contributed by atoms with E-state index in [9.17, 15) is 4.79 Å². The zero-order chi connectivity index (χ0) is 15.6. The van der Waals surface area contributed by atoms with E-state index in [0.717, 1.165) is 37.6 Å². The van der Waals surface area contributed by atoms with Crippen molar-refractivity contribution in [1.82, 2.24) is 14.8 Å². The number of rotatable bonds is 4. The Labute approximate surface area is 140 Å². The van der Waals surface area contributed by atoms with Crippen LogP contribution in [0.25, 0.3) is 0 Å². The number of piperazine rings is 1. The van der Waals surface area contributed by atoms with E-state index in [4.69, 9.17) is 0 Å². The molecule has 0 N–H and O–H groups in total. The van der Waals surface area contributed by atoms with Gasteiger partial charge >= 0.3 is 0 Å². The van der Waals surface area contributed by atoms with E-state index in [1.54, 1.807) is 11.3 Å². The summed E-state index contributed by atoms with van der Waals surface area (Å²) in [4.78, 5) is 22.3. The molecular weight excluding hydrogens is 306 g/mol. The predicted molar refractivity (Wildman–Crippen MR) is 91.7 cm³/mol. The molecule has 1 aliphatic carbocycles. The number of nitrogens with zero attached hydrogens (tertiary/aromatic N) is 3. The van der Waals surface area contributed by atoms with Crippen LogP contribution in [0.15, 0.2) is 36.0 Å². The maximum absolute atomic E-state index is 12.8. The van der Waals surface area contributed by atoms with Crippen molar-refractivity contribution in [2.75, 3.05) is 26.2 Å². The molecule has 0 spiro atoms. The molecular formula is C18H21N3OS. The second-order valence-electron chi connectivity index (χ2n) is 6.40. The van der Waals surface area contributed by atoms with Crippen molar-refractivity contribution < 1.29 is 4.79 Å². The highest BCUT2D eigenvalue weighted by atomic mass is 32.1. The van der Waals surface area contributed by atoms with Gasteiger partial charge in [0.1, 0.15) is 0 Å². The Hall–Kier alpha value is -1.72. The summed E-state index contributed by atoms with van der Waals surface area (Å²) in [7, 11) is 0. The highest BCUT2D eigenvalue weighted by Gasteiger charge is 2.31. The highest BCUT2D eigenvalue weighted by Crippen LogP contribution is 2.43. The maximum Gasteiger partial charge on any atom is 0.264 e. The molecule has 4 nitrogen and oxygen atoms in total. The van der Waals surface area contributed by atoms with Gasteiger partial charge in [0.15, 0.2) is 0 Å². The van der Waals surface area contributed by atoms with Crippen molar-refractivity contribution in [3.8, 4) is 0 Å². The first-order valence-corrected chi connectivity index (χ1v) is 9.17. The average Bonchev–Trinajstić information content (AvgIpc) is 3.33. The summed E-state index contributed by atoms with van der Waals surface area (Å²) in [6.45, 7) is 4.48. The number of thiophene rings is 1. The van der Waals surface area contributed by atoms with Gasteiger partial charge in [-0.25, -0.2) is 0 Å². The lowest BCUT2D eigenvalue weighted by molar-refractivity contribution is 0.0632. The molecule has 1 saturated heterocycles. The van der Waals surface area contributed by atoms with E-state index < -0.39 is 0 Å². The van der Waals surface area contributed by atoms with Crippen molar-refractivity contribution in [3.05, 3.63) is 52.0 Å². The van der Waals surface area contributed by atoms with Gasteiger partial charge < -0.3 is 4.90 Å². The van der Waals surface area contributed by atoms with Crippen LogP contribution in [0.4, 0.5) is 0 Å². The Balaban J connectivity index is 1.35. The van der Waals surface area contributed by atoms with E-state index in [1.807, 2.05) is 17.3 Å².